The van der Waals surface area contributed by atoms with E-state index < -0.39 is 0 Å². The molecule has 0 spiro atoms. The molecule has 3 nitrogen and oxygen atoms in total. The zero-order chi connectivity index (χ0) is 16.2. The van der Waals surface area contributed by atoms with Crippen molar-refractivity contribution in [1.29, 1.82) is 0 Å². The van der Waals surface area contributed by atoms with E-state index in [0.29, 0.717) is 18.0 Å². The molecule has 0 aromatic heterocycles. The number of nitrogens with two attached hydrogens (primary N) is 1. The fraction of sp³-hybridized carbons (Fsp3) is 0.632. The second kappa shape index (κ2) is 7.43. The van der Waals surface area contributed by atoms with Gasteiger partial charge in [-0.25, -0.2) is 4.39 Å². The SMILES string of the molecule is NC[C@H]1CCC[C@H]1C(=O)NC(c1ccccc1F)C1CCCC1. The van der Waals surface area contributed by atoms with Crippen LogP contribution in [0.25, 0.3) is 0 Å². The molecular weight excluding hydrogens is 291 g/mol. The van der Waals surface area contributed by atoms with E-state index in [9.17, 15) is 9.18 Å². The van der Waals surface area contributed by atoms with E-state index in [1.54, 1.807) is 6.07 Å². The van der Waals surface area contributed by atoms with Crippen LogP contribution in [0.1, 0.15) is 56.6 Å². The Balaban J connectivity index is 1.79. The van der Waals surface area contributed by atoms with Gasteiger partial charge in [-0.2, -0.15) is 0 Å². The molecule has 2 aliphatic rings. The lowest BCUT2D eigenvalue weighted by molar-refractivity contribution is -0.127. The molecule has 4 heteroatoms. The van der Waals surface area contributed by atoms with Gasteiger partial charge in [0.15, 0.2) is 0 Å². The standard InChI is InChI=1S/C19H27FN2O/c20-17-11-4-3-9-16(17)18(13-6-1-2-7-13)22-19(23)15-10-5-8-14(15)12-21/h3-4,9,11,13-15,18H,1-2,5-8,10,12,21H2,(H,22,23)/t14-,15-,18?/m1/s1. The normalized spacial score (nSPS) is 26.3. The molecule has 1 unspecified atom stereocenters. The second-order valence-electron chi connectivity index (χ2n) is 7.09. The Labute approximate surface area is 137 Å². The van der Waals surface area contributed by atoms with Crippen LogP contribution in [0.3, 0.4) is 0 Å². The molecule has 126 valence electrons. The zero-order valence-electron chi connectivity index (χ0n) is 13.6. The lowest BCUT2D eigenvalue weighted by Gasteiger charge is -2.28. The van der Waals surface area contributed by atoms with Gasteiger partial charge in [0.25, 0.3) is 0 Å². The molecule has 2 fully saturated rings. The molecule has 1 aromatic carbocycles. The molecule has 1 amide bonds. The first-order valence-corrected chi connectivity index (χ1v) is 8.95. The number of rotatable bonds is 5. The maximum absolute atomic E-state index is 14.3. The summed E-state index contributed by atoms with van der Waals surface area (Å²) in [7, 11) is 0. The Kier molecular flexibility index (Phi) is 5.31. The number of carbonyl (C=O) groups excluding carboxylic acids is 1. The highest BCUT2D eigenvalue weighted by Crippen LogP contribution is 2.38. The third-order valence-electron chi connectivity index (χ3n) is 5.71. The molecule has 2 saturated carbocycles. The van der Waals surface area contributed by atoms with Crippen molar-refractivity contribution in [2.24, 2.45) is 23.5 Å². The van der Waals surface area contributed by atoms with Gasteiger partial charge in [0.1, 0.15) is 5.82 Å². The summed E-state index contributed by atoms with van der Waals surface area (Å²) < 4.78 is 14.3. The number of carbonyl (C=O) groups is 1. The number of amides is 1. The van der Waals surface area contributed by atoms with Crippen LogP contribution in [0.15, 0.2) is 24.3 Å². The monoisotopic (exact) mass is 318 g/mol. The summed E-state index contributed by atoms with van der Waals surface area (Å²) in [5, 5.41) is 3.19. The largest absolute Gasteiger partial charge is 0.349 e. The molecule has 2 aliphatic carbocycles. The van der Waals surface area contributed by atoms with Gasteiger partial charge in [0.05, 0.1) is 6.04 Å². The lowest BCUT2D eigenvalue weighted by Crippen LogP contribution is -2.39. The summed E-state index contributed by atoms with van der Waals surface area (Å²) in [4.78, 5) is 12.8. The quantitative estimate of drug-likeness (QED) is 0.872. The third-order valence-corrected chi connectivity index (χ3v) is 5.71. The van der Waals surface area contributed by atoms with Crippen molar-refractivity contribution in [3.05, 3.63) is 35.6 Å². The van der Waals surface area contributed by atoms with Gasteiger partial charge in [-0.3, -0.25) is 4.79 Å². The summed E-state index contributed by atoms with van der Waals surface area (Å²) >= 11 is 0. The first-order valence-electron chi connectivity index (χ1n) is 8.95. The molecule has 0 aliphatic heterocycles. The van der Waals surface area contributed by atoms with Crippen LogP contribution in [0.4, 0.5) is 4.39 Å². The van der Waals surface area contributed by atoms with E-state index in [1.165, 1.54) is 18.9 Å². The van der Waals surface area contributed by atoms with Crippen LogP contribution >= 0.6 is 0 Å². The summed E-state index contributed by atoms with van der Waals surface area (Å²) in [5.41, 5.74) is 6.44. The minimum Gasteiger partial charge on any atom is -0.349 e. The first kappa shape index (κ1) is 16.4. The van der Waals surface area contributed by atoms with E-state index in [4.69, 9.17) is 5.73 Å². The summed E-state index contributed by atoms with van der Waals surface area (Å²) in [6.45, 7) is 0.561. The summed E-state index contributed by atoms with van der Waals surface area (Å²) in [6, 6.07) is 6.65. The van der Waals surface area contributed by atoms with E-state index in [-0.39, 0.29) is 29.6 Å². The van der Waals surface area contributed by atoms with Crippen LogP contribution in [0.2, 0.25) is 0 Å². The van der Waals surface area contributed by atoms with Crippen molar-refractivity contribution in [2.75, 3.05) is 6.54 Å². The van der Waals surface area contributed by atoms with Gasteiger partial charge in [-0.15, -0.1) is 0 Å². The van der Waals surface area contributed by atoms with Crippen molar-refractivity contribution in [3.8, 4) is 0 Å². The molecule has 3 atom stereocenters. The smallest absolute Gasteiger partial charge is 0.223 e. The fourth-order valence-corrected chi connectivity index (χ4v) is 4.39. The highest BCUT2D eigenvalue weighted by Gasteiger charge is 2.35. The van der Waals surface area contributed by atoms with E-state index in [1.807, 2.05) is 12.1 Å². The van der Waals surface area contributed by atoms with Crippen LogP contribution in [0.5, 0.6) is 0 Å². The number of hydrogen-bond donors (Lipinski definition) is 2. The Morgan fingerprint density at radius 2 is 1.91 bits per heavy atom. The zero-order valence-corrected chi connectivity index (χ0v) is 13.6. The molecule has 0 heterocycles. The van der Waals surface area contributed by atoms with Gasteiger partial charge < -0.3 is 11.1 Å². The fourth-order valence-electron chi connectivity index (χ4n) is 4.39. The second-order valence-corrected chi connectivity index (χ2v) is 7.09. The van der Waals surface area contributed by atoms with E-state index >= 15 is 0 Å². The topological polar surface area (TPSA) is 55.1 Å². The predicted octanol–water partition coefficient (Wildman–Crippen LogP) is 3.55. The van der Waals surface area contributed by atoms with Crippen molar-refractivity contribution >= 4 is 5.91 Å². The summed E-state index contributed by atoms with van der Waals surface area (Å²) in [6.07, 6.45) is 7.45. The molecule has 23 heavy (non-hydrogen) atoms. The molecule has 3 N–H and O–H groups in total. The lowest BCUT2D eigenvalue weighted by atomic mass is 9.89. The van der Waals surface area contributed by atoms with E-state index in [0.717, 1.165) is 32.1 Å². The van der Waals surface area contributed by atoms with Crippen LogP contribution in [0, 0.1) is 23.6 Å². The van der Waals surface area contributed by atoms with Gasteiger partial charge in [-0.05, 0) is 50.1 Å². The average Bonchev–Trinajstić information content (AvgIpc) is 3.24. The van der Waals surface area contributed by atoms with Crippen LogP contribution < -0.4 is 11.1 Å². The first-order chi connectivity index (χ1) is 11.2. The van der Waals surface area contributed by atoms with Crippen LogP contribution in [-0.2, 0) is 4.79 Å². The molecule has 0 bridgehead atoms. The van der Waals surface area contributed by atoms with Gasteiger partial charge in [0, 0.05) is 11.5 Å². The Morgan fingerprint density at radius 3 is 2.61 bits per heavy atom. The molecule has 3 rings (SSSR count). The van der Waals surface area contributed by atoms with Crippen molar-refractivity contribution in [1.82, 2.24) is 5.32 Å². The molecular formula is C19H27FN2O. The molecule has 0 saturated heterocycles. The minimum absolute atomic E-state index is 0.00400. The number of benzene rings is 1. The minimum atomic E-state index is -0.216. The Bertz CT molecular complexity index is 542. The van der Waals surface area contributed by atoms with Gasteiger partial charge >= 0.3 is 0 Å². The molecule has 1 aromatic rings. The highest BCUT2D eigenvalue weighted by molar-refractivity contribution is 5.79. The average molecular weight is 318 g/mol. The number of nitrogens with one attached hydrogen (secondary N) is 1. The van der Waals surface area contributed by atoms with Crippen molar-refractivity contribution in [3.63, 3.8) is 0 Å². The number of halogens is 1. The maximum Gasteiger partial charge on any atom is 0.223 e. The number of hydrogen-bond acceptors (Lipinski definition) is 2. The molecule has 0 radical (unpaired) electrons. The van der Waals surface area contributed by atoms with Gasteiger partial charge in [-0.1, -0.05) is 37.5 Å². The predicted molar refractivity (Wildman–Crippen MR) is 89.1 cm³/mol. The maximum atomic E-state index is 14.3. The Hall–Kier alpha value is -1.42. The highest BCUT2D eigenvalue weighted by atomic mass is 19.1. The van der Waals surface area contributed by atoms with E-state index in [2.05, 4.69) is 5.32 Å². The van der Waals surface area contributed by atoms with Crippen molar-refractivity contribution in [2.45, 2.75) is 51.0 Å². The Morgan fingerprint density at radius 1 is 1.17 bits per heavy atom. The third kappa shape index (κ3) is 3.57. The van der Waals surface area contributed by atoms with Gasteiger partial charge in [0.2, 0.25) is 5.91 Å². The van der Waals surface area contributed by atoms with Crippen molar-refractivity contribution < 1.29 is 9.18 Å². The summed E-state index contributed by atoms with van der Waals surface area (Å²) in [5.74, 6) is 0.466. The van der Waals surface area contributed by atoms with Crippen LogP contribution in [-0.4, -0.2) is 12.5 Å².